The molecule has 1 atom stereocenters. The molecule has 0 radical (unpaired) electrons. The van der Waals surface area contributed by atoms with Gasteiger partial charge in [0.1, 0.15) is 6.04 Å². The minimum Gasteiger partial charge on any atom is -0.348 e. The molecule has 0 saturated carbocycles. The van der Waals surface area contributed by atoms with Gasteiger partial charge in [-0.2, -0.15) is 0 Å². The molecule has 1 aromatic heterocycles. The third-order valence-corrected chi connectivity index (χ3v) is 5.94. The highest BCUT2D eigenvalue weighted by Crippen LogP contribution is 2.28. The van der Waals surface area contributed by atoms with Crippen molar-refractivity contribution >= 4 is 34.4 Å². The molecular formula is C24H20N4O4. The minimum absolute atomic E-state index is 0.189. The van der Waals surface area contributed by atoms with Crippen LogP contribution in [-0.4, -0.2) is 39.6 Å². The Morgan fingerprint density at radius 1 is 1.09 bits per heavy atom. The van der Waals surface area contributed by atoms with Crippen molar-refractivity contribution in [3.05, 3.63) is 77.1 Å². The highest BCUT2D eigenvalue weighted by molar-refractivity contribution is 6.05. The van der Waals surface area contributed by atoms with E-state index in [1.807, 2.05) is 24.3 Å². The first-order chi connectivity index (χ1) is 15.5. The van der Waals surface area contributed by atoms with E-state index in [9.17, 15) is 19.2 Å². The van der Waals surface area contributed by atoms with Gasteiger partial charge in [0, 0.05) is 48.4 Å². The Morgan fingerprint density at radius 3 is 2.81 bits per heavy atom. The SMILES string of the molecule is O=C1CCC(N2Cc3cc(CNC(=O)c4ccc5cnccc5c4)ccc3C2=O)C(=O)N1. The average Bonchev–Trinajstić information content (AvgIpc) is 3.12. The topological polar surface area (TPSA) is 108 Å². The third kappa shape index (κ3) is 3.60. The Balaban J connectivity index is 1.27. The summed E-state index contributed by atoms with van der Waals surface area (Å²) in [6.07, 6.45) is 3.99. The van der Waals surface area contributed by atoms with Crippen LogP contribution in [0.5, 0.6) is 0 Å². The predicted molar refractivity (Wildman–Crippen MR) is 115 cm³/mol. The molecule has 3 aromatic rings. The number of piperidine rings is 1. The smallest absolute Gasteiger partial charge is 0.255 e. The molecule has 32 heavy (non-hydrogen) atoms. The predicted octanol–water partition coefficient (Wildman–Crippen LogP) is 1.93. The Bertz CT molecular complexity index is 1290. The molecule has 2 aliphatic heterocycles. The Labute approximate surface area is 183 Å². The summed E-state index contributed by atoms with van der Waals surface area (Å²) in [5.41, 5.74) is 2.78. The van der Waals surface area contributed by atoms with Crippen LogP contribution in [0.15, 0.2) is 54.9 Å². The largest absolute Gasteiger partial charge is 0.348 e. The molecule has 8 heteroatoms. The Morgan fingerprint density at radius 2 is 1.97 bits per heavy atom. The van der Waals surface area contributed by atoms with Crippen molar-refractivity contribution < 1.29 is 19.2 Å². The number of fused-ring (bicyclic) bond motifs is 2. The summed E-state index contributed by atoms with van der Waals surface area (Å²) in [5, 5.41) is 7.12. The summed E-state index contributed by atoms with van der Waals surface area (Å²) in [6.45, 7) is 0.619. The van der Waals surface area contributed by atoms with Crippen molar-refractivity contribution in [2.45, 2.75) is 32.0 Å². The summed E-state index contributed by atoms with van der Waals surface area (Å²) in [5.74, 6) is -1.14. The zero-order valence-electron chi connectivity index (χ0n) is 17.1. The quantitative estimate of drug-likeness (QED) is 0.618. The van der Waals surface area contributed by atoms with Gasteiger partial charge in [0.2, 0.25) is 11.8 Å². The number of imide groups is 1. The number of nitrogens with one attached hydrogen (secondary N) is 2. The zero-order valence-corrected chi connectivity index (χ0v) is 17.1. The van der Waals surface area contributed by atoms with Gasteiger partial charge >= 0.3 is 0 Å². The second kappa shape index (κ2) is 7.88. The van der Waals surface area contributed by atoms with Crippen molar-refractivity contribution in [1.82, 2.24) is 20.5 Å². The molecule has 2 aromatic carbocycles. The standard InChI is InChI=1S/C24H20N4O4/c29-21-6-5-20(23(31)27-21)28-13-18-9-14(1-4-19(18)24(28)32)11-26-22(30)16-2-3-17-12-25-8-7-15(17)10-16/h1-4,7-10,12,20H,5-6,11,13H2,(H,26,30)(H,27,29,31). The second-order valence-corrected chi connectivity index (χ2v) is 8.01. The fourth-order valence-electron chi connectivity index (χ4n) is 4.25. The molecule has 1 fully saturated rings. The molecule has 0 aliphatic carbocycles. The number of rotatable bonds is 4. The van der Waals surface area contributed by atoms with E-state index in [4.69, 9.17) is 0 Å². The molecule has 0 bridgehead atoms. The van der Waals surface area contributed by atoms with Crippen molar-refractivity contribution in [3.63, 3.8) is 0 Å². The van der Waals surface area contributed by atoms with Crippen LogP contribution in [-0.2, 0) is 22.7 Å². The summed E-state index contributed by atoms with van der Waals surface area (Å²) < 4.78 is 0. The highest BCUT2D eigenvalue weighted by atomic mass is 16.2. The number of hydrogen-bond donors (Lipinski definition) is 2. The van der Waals surface area contributed by atoms with Crippen LogP contribution < -0.4 is 10.6 Å². The van der Waals surface area contributed by atoms with Crippen molar-refractivity contribution in [3.8, 4) is 0 Å². The first kappa shape index (κ1) is 19.9. The fraction of sp³-hybridized carbons (Fsp3) is 0.208. The van der Waals surface area contributed by atoms with Crippen LogP contribution in [0.1, 0.15) is 44.7 Å². The van der Waals surface area contributed by atoms with Gasteiger partial charge in [0.15, 0.2) is 0 Å². The molecule has 8 nitrogen and oxygen atoms in total. The van der Waals surface area contributed by atoms with Gasteiger partial charge < -0.3 is 10.2 Å². The lowest BCUT2D eigenvalue weighted by Gasteiger charge is -2.29. The molecular weight excluding hydrogens is 408 g/mol. The molecule has 1 saturated heterocycles. The van der Waals surface area contributed by atoms with Gasteiger partial charge in [-0.1, -0.05) is 18.2 Å². The van der Waals surface area contributed by atoms with Gasteiger partial charge in [0.05, 0.1) is 0 Å². The van der Waals surface area contributed by atoms with E-state index in [2.05, 4.69) is 15.6 Å². The van der Waals surface area contributed by atoms with Crippen LogP contribution in [0, 0.1) is 0 Å². The first-order valence-electron chi connectivity index (χ1n) is 10.4. The van der Waals surface area contributed by atoms with E-state index in [-0.39, 0.29) is 24.1 Å². The van der Waals surface area contributed by atoms with E-state index in [1.165, 1.54) is 4.90 Å². The number of benzene rings is 2. The lowest BCUT2D eigenvalue weighted by Crippen LogP contribution is -2.52. The van der Waals surface area contributed by atoms with E-state index in [0.717, 1.165) is 21.9 Å². The van der Waals surface area contributed by atoms with Gasteiger partial charge in [-0.15, -0.1) is 0 Å². The molecule has 4 amide bonds. The number of hydrogen-bond acceptors (Lipinski definition) is 5. The average molecular weight is 428 g/mol. The zero-order chi connectivity index (χ0) is 22.2. The van der Waals surface area contributed by atoms with Gasteiger partial charge in [-0.05, 0) is 47.2 Å². The summed E-state index contributed by atoms with van der Waals surface area (Å²) in [4.78, 5) is 54.5. The van der Waals surface area contributed by atoms with Crippen molar-refractivity contribution in [2.75, 3.05) is 0 Å². The number of carbonyl (C=O) groups is 4. The van der Waals surface area contributed by atoms with Gasteiger partial charge in [0.25, 0.3) is 11.8 Å². The van der Waals surface area contributed by atoms with Crippen LogP contribution >= 0.6 is 0 Å². The molecule has 5 rings (SSSR count). The summed E-state index contributed by atoms with van der Waals surface area (Å²) >= 11 is 0. The van der Waals surface area contributed by atoms with E-state index in [1.54, 1.807) is 30.6 Å². The maximum atomic E-state index is 12.8. The lowest BCUT2D eigenvalue weighted by molar-refractivity contribution is -0.136. The monoisotopic (exact) mass is 428 g/mol. The highest BCUT2D eigenvalue weighted by Gasteiger charge is 2.39. The van der Waals surface area contributed by atoms with Gasteiger partial charge in [-0.25, -0.2) is 0 Å². The third-order valence-electron chi connectivity index (χ3n) is 5.94. The molecule has 2 N–H and O–H groups in total. The molecule has 3 heterocycles. The van der Waals surface area contributed by atoms with Crippen LogP contribution in [0.2, 0.25) is 0 Å². The normalized spacial score (nSPS) is 17.9. The number of pyridine rings is 1. The minimum atomic E-state index is -0.640. The van der Waals surface area contributed by atoms with Crippen LogP contribution in [0.3, 0.4) is 0 Å². The van der Waals surface area contributed by atoms with E-state index < -0.39 is 11.9 Å². The Hall–Kier alpha value is -4.07. The number of aromatic nitrogens is 1. The number of nitrogens with zero attached hydrogens (tertiary/aromatic N) is 2. The van der Waals surface area contributed by atoms with Crippen molar-refractivity contribution in [2.24, 2.45) is 0 Å². The Kier molecular flexibility index (Phi) is 4.89. The lowest BCUT2D eigenvalue weighted by atomic mass is 10.0. The summed E-state index contributed by atoms with van der Waals surface area (Å²) in [6, 6.07) is 12.1. The molecule has 1 unspecified atom stereocenters. The summed E-state index contributed by atoms with van der Waals surface area (Å²) in [7, 11) is 0. The maximum absolute atomic E-state index is 12.8. The van der Waals surface area contributed by atoms with Crippen molar-refractivity contribution in [1.29, 1.82) is 0 Å². The first-order valence-corrected chi connectivity index (χ1v) is 10.4. The van der Waals surface area contributed by atoms with Crippen LogP contribution in [0.4, 0.5) is 0 Å². The molecule has 0 spiro atoms. The number of carbonyl (C=O) groups excluding carboxylic acids is 4. The van der Waals surface area contributed by atoms with Crippen LogP contribution in [0.25, 0.3) is 10.8 Å². The molecule has 160 valence electrons. The number of amides is 4. The molecule has 2 aliphatic rings. The van der Waals surface area contributed by atoms with E-state index in [0.29, 0.717) is 30.6 Å². The van der Waals surface area contributed by atoms with E-state index >= 15 is 0 Å². The second-order valence-electron chi connectivity index (χ2n) is 8.01. The maximum Gasteiger partial charge on any atom is 0.255 e. The van der Waals surface area contributed by atoms with Gasteiger partial charge in [-0.3, -0.25) is 29.5 Å². The fourth-order valence-corrected chi connectivity index (χ4v) is 4.25.